The number of rotatable bonds is 3. The van der Waals surface area contributed by atoms with Crippen LogP contribution >= 0.6 is 0 Å². The van der Waals surface area contributed by atoms with Gasteiger partial charge in [0.15, 0.2) is 0 Å². The molecule has 0 spiro atoms. The van der Waals surface area contributed by atoms with Gasteiger partial charge in [-0.3, -0.25) is 0 Å². The first-order valence-corrected chi connectivity index (χ1v) is 5.21. The summed E-state index contributed by atoms with van der Waals surface area (Å²) in [7, 11) is 0. The van der Waals surface area contributed by atoms with Crippen molar-refractivity contribution in [2.75, 3.05) is 26.4 Å². The largest absolute Gasteiger partial charge is 0.380 e. The second-order valence-electron chi connectivity index (χ2n) is 5.06. The molecule has 2 heterocycles. The molecule has 0 aliphatic carbocycles. The highest BCUT2D eigenvalue weighted by Crippen LogP contribution is 2.53. The molecule has 78 valence electrons. The van der Waals surface area contributed by atoms with E-state index in [0.29, 0.717) is 19.1 Å². The molecule has 3 heteroatoms. The Hall–Kier alpha value is -0.590. The summed E-state index contributed by atoms with van der Waals surface area (Å²) in [5.41, 5.74) is -0.177. The third kappa shape index (κ3) is 1.18. The quantitative estimate of drug-likeness (QED) is 0.686. The lowest BCUT2D eigenvalue weighted by Gasteiger charge is -2.56. The van der Waals surface area contributed by atoms with Crippen LogP contribution in [0.4, 0.5) is 0 Å². The Bertz CT molecular complexity index is 259. The van der Waals surface area contributed by atoms with Gasteiger partial charge in [-0.1, -0.05) is 13.8 Å². The third-order valence-electron chi connectivity index (χ3n) is 3.48. The highest BCUT2D eigenvalue weighted by Gasteiger charge is 2.60. The van der Waals surface area contributed by atoms with Crippen LogP contribution < -0.4 is 0 Å². The van der Waals surface area contributed by atoms with Gasteiger partial charge in [0.2, 0.25) is 0 Å². The molecule has 0 atom stereocenters. The molecule has 2 aliphatic heterocycles. The van der Waals surface area contributed by atoms with Gasteiger partial charge in [0, 0.05) is 5.41 Å². The molecule has 2 fully saturated rings. The van der Waals surface area contributed by atoms with Gasteiger partial charge in [0.1, 0.15) is 5.41 Å². The topological polar surface area (TPSA) is 42.2 Å². The van der Waals surface area contributed by atoms with Gasteiger partial charge in [-0.2, -0.15) is 5.26 Å². The predicted molar refractivity (Wildman–Crippen MR) is 51.6 cm³/mol. The molecule has 0 saturated carbocycles. The second-order valence-corrected chi connectivity index (χ2v) is 5.06. The lowest BCUT2D eigenvalue weighted by Crippen LogP contribution is -2.63. The fourth-order valence-corrected chi connectivity index (χ4v) is 2.51. The first-order valence-electron chi connectivity index (χ1n) is 5.21. The van der Waals surface area contributed by atoms with Crippen molar-refractivity contribution in [2.45, 2.75) is 20.3 Å². The van der Waals surface area contributed by atoms with E-state index in [1.165, 1.54) is 0 Å². The normalized spacial score (nSPS) is 27.6. The molecule has 0 amide bonds. The molecule has 3 nitrogen and oxygen atoms in total. The summed E-state index contributed by atoms with van der Waals surface area (Å²) >= 11 is 0. The van der Waals surface area contributed by atoms with Gasteiger partial charge >= 0.3 is 0 Å². The molecular formula is C11H17NO2. The zero-order valence-corrected chi connectivity index (χ0v) is 8.88. The maximum atomic E-state index is 9.26. The lowest BCUT2D eigenvalue weighted by atomic mass is 9.58. The van der Waals surface area contributed by atoms with Crippen molar-refractivity contribution in [1.82, 2.24) is 0 Å². The smallest absolute Gasteiger partial charge is 0.114 e. The minimum atomic E-state index is -0.254. The number of hydrogen-bond donors (Lipinski definition) is 0. The Morgan fingerprint density at radius 1 is 1.21 bits per heavy atom. The van der Waals surface area contributed by atoms with E-state index in [4.69, 9.17) is 9.47 Å². The molecule has 0 radical (unpaired) electrons. The van der Waals surface area contributed by atoms with Crippen molar-refractivity contribution in [3.05, 3.63) is 0 Å². The number of nitriles is 1. The van der Waals surface area contributed by atoms with Gasteiger partial charge in [-0.05, 0) is 12.3 Å². The summed E-state index contributed by atoms with van der Waals surface area (Å²) in [6.45, 7) is 7.07. The number of nitrogens with zero attached hydrogens (tertiary/aromatic N) is 1. The van der Waals surface area contributed by atoms with Crippen molar-refractivity contribution >= 4 is 0 Å². The Labute approximate surface area is 85.0 Å². The van der Waals surface area contributed by atoms with Crippen LogP contribution in [0.25, 0.3) is 0 Å². The summed E-state index contributed by atoms with van der Waals surface area (Å²) in [6.07, 6.45) is 1.07. The van der Waals surface area contributed by atoms with Crippen LogP contribution in [0, 0.1) is 28.1 Å². The molecule has 0 aromatic carbocycles. The van der Waals surface area contributed by atoms with Crippen molar-refractivity contribution in [2.24, 2.45) is 16.7 Å². The third-order valence-corrected chi connectivity index (χ3v) is 3.48. The van der Waals surface area contributed by atoms with Crippen molar-refractivity contribution in [1.29, 1.82) is 5.26 Å². The minimum absolute atomic E-state index is 0.0775. The van der Waals surface area contributed by atoms with Gasteiger partial charge in [-0.25, -0.2) is 0 Å². The van der Waals surface area contributed by atoms with E-state index in [9.17, 15) is 5.26 Å². The van der Waals surface area contributed by atoms with E-state index in [1.807, 2.05) is 0 Å². The molecule has 2 saturated heterocycles. The maximum Gasteiger partial charge on any atom is 0.114 e. The van der Waals surface area contributed by atoms with Gasteiger partial charge < -0.3 is 9.47 Å². The monoisotopic (exact) mass is 195 g/mol. The molecule has 0 unspecified atom stereocenters. The Balaban J connectivity index is 2.15. The average Bonchev–Trinajstić information content (AvgIpc) is 1.97. The van der Waals surface area contributed by atoms with E-state index in [1.54, 1.807) is 0 Å². The standard InChI is InChI=1S/C11H17NO2/c1-9(2)3-10(5-13-6-10)11(4-12)7-14-8-11/h9H,3,5-8H2,1-2H3. The van der Waals surface area contributed by atoms with Crippen LogP contribution in [0.15, 0.2) is 0 Å². The predicted octanol–water partition coefficient (Wildman–Crippen LogP) is 1.59. The first-order chi connectivity index (χ1) is 6.64. The molecule has 0 aromatic rings. The van der Waals surface area contributed by atoms with Crippen molar-refractivity contribution < 1.29 is 9.47 Å². The van der Waals surface area contributed by atoms with Crippen molar-refractivity contribution in [3.8, 4) is 6.07 Å². The molecular weight excluding hydrogens is 178 g/mol. The van der Waals surface area contributed by atoms with Gasteiger partial charge in [0.25, 0.3) is 0 Å². The van der Waals surface area contributed by atoms with Crippen LogP contribution in [0.2, 0.25) is 0 Å². The van der Waals surface area contributed by atoms with Crippen LogP contribution in [-0.4, -0.2) is 26.4 Å². The molecule has 14 heavy (non-hydrogen) atoms. The Kier molecular flexibility index (Phi) is 2.29. The number of hydrogen-bond acceptors (Lipinski definition) is 3. The Morgan fingerprint density at radius 2 is 1.79 bits per heavy atom. The second kappa shape index (κ2) is 3.22. The van der Waals surface area contributed by atoms with E-state index < -0.39 is 0 Å². The van der Waals surface area contributed by atoms with Crippen LogP contribution in [0.1, 0.15) is 20.3 Å². The van der Waals surface area contributed by atoms with E-state index >= 15 is 0 Å². The fourth-order valence-electron chi connectivity index (χ4n) is 2.51. The van der Waals surface area contributed by atoms with Crippen LogP contribution in [0.3, 0.4) is 0 Å². The molecule has 2 aliphatic rings. The zero-order valence-electron chi connectivity index (χ0n) is 8.88. The van der Waals surface area contributed by atoms with E-state index in [-0.39, 0.29) is 10.8 Å². The summed E-state index contributed by atoms with van der Waals surface area (Å²) in [6, 6.07) is 2.46. The van der Waals surface area contributed by atoms with Crippen LogP contribution in [0.5, 0.6) is 0 Å². The van der Waals surface area contributed by atoms with Gasteiger partial charge in [-0.15, -0.1) is 0 Å². The average molecular weight is 195 g/mol. The van der Waals surface area contributed by atoms with Crippen LogP contribution in [-0.2, 0) is 9.47 Å². The molecule has 0 N–H and O–H groups in total. The highest BCUT2D eigenvalue weighted by atomic mass is 16.5. The molecule has 0 bridgehead atoms. The van der Waals surface area contributed by atoms with Crippen molar-refractivity contribution in [3.63, 3.8) is 0 Å². The summed E-state index contributed by atoms with van der Waals surface area (Å²) < 4.78 is 10.5. The maximum absolute atomic E-state index is 9.26. The number of ether oxygens (including phenoxy) is 2. The zero-order chi connectivity index (χ0) is 10.2. The molecule has 0 aromatic heterocycles. The summed E-state index contributed by atoms with van der Waals surface area (Å²) in [5.74, 6) is 0.615. The fraction of sp³-hybridized carbons (Fsp3) is 0.909. The SMILES string of the molecule is CC(C)CC1(C2(C#N)COC2)COC1. The molecule has 2 rings (SSSR count). The minimum Gasteiger partial charge on any atom is -0.380 e. The Morgan fingerprint density at radius 3 is 2.00 bits per heavy atom. The van der Waals surface area contributed by atoms with E-state index in [0.717, 1.165) is 19.6 Å². The van der Waals surface area contributed by atoms with Gasteiger partial charge in [0.05, 0.1) is 32.5 Å². The highest BCUT2D eigenvalue weighted by molar-refractivity contribution is 5.16. The van der Waals surface area contributed by atoms with E-state index in [2.05, 4.69) is 19.9 Å². The first kappa shape index (κ1) is 9.95. The lowest BCUT2D eigenvalue weighted by molar-refractivity contribution is -0.249. The summed E-state index contributed by atoms with van der Waals surface area (Å²) in [4.78, 5) is 0. The summed E-state index contributed by atoms with van der Waals surface area (Å²) in [5, 5.41) is 9.26.